The van der Waals surface area contributed by atoms with Crippen molar-refractivity contribution in [2.45, 2.75) is 11.6 Å². The number of morpholine rings is 1. The quantitative estimate of drug-likeness (QED) is 0.499. The summed E-state index contributed by atoms with van der Waals surface area (Å²) in [5, 5.41) is 0. The van der Waals surface area contributed by atoms with Crippen LogP contribution in [0, 0.1) is 4.84 Å². The van der Waals surface area contributed by atoms with Crippen molar-refractivity contribution in [1.82, 2.24) is 18.7 Å². The second-order valence-electron chi connectivity index (χ2n) is 8.01. The van der Waals surface area contributed by atoms with Crippen LogP contribution in [0.15, 0.2) is 50.5 Å². The minimum absolute atomic E-state index is 0.0493. The molecule has 2 aliphatic heterocycles. The van der Waals surface area contributed by atoms with Gasteiger partial charge < -0.3 is 18.5 Å². The minimum Gasteiger partial charge on any atom is -0.472 e. The lowest BCUT2D eigenvalue weighted by atomic mass is 10.2. The molecule has 0 unspecified atom stereocenters. The number of oxazole rings is 1. The van der Waals surface area contributed by atoms with Gasteiger partial charge in [0.25, 0.3) is 10.7 Å². The Morgan fingerprint density at radius 3 is 2.48 bits per heavy atom. The summed E-state index contributed by atoms with van der Waals surface area (Å²) in [7, 11) is -3.63. The van der Waals surface area contributed by atoms with Gasteiger partial charge in [0, 0.05) is 39.3 Å². The number of hydrogen-bond acceptors (Lipinski definition) is 8. The van der Waals surface area contributed by atoms with Crippen LogP contribution in [0.1, 0.15) is 10.4 Å². The molecule has 2 fully saturated rings. The van der Waals surface area contributed by atoms with Gasteiger partial charge in [0.15, 0.2) is 5.58 Å². The molecule has 2 aliphatic rings. The molecule has 2 aromatic heterocycles. The highest BCUT2D eigenvalue weighted by Gasteiger charge is 2.28. The molecule has 0 atom stereocenters. The van der Waals surface area contributed by atoms with Gasteiger partial charge in [-0.1, -0.05) is 0 Å². The molecule has 176 valence electrons. The van der Waals surface area contributed by atoms with Gasteiger partial charge in [0.05, 0.1) is 42.1 Å². The number of carbonyl (C=O) groups is 1. The van der Waals surface area contributed by atoms with Gasteiger partial charge in [-0.15, -0.1) is 0 Å². The van der Waals surface area contributed by atoms with E-state index in [1.807, 2.05) is 0 Å². The molecule has 0 aliphatic carbocycles. The summed E-state index contributed by atoms with van der Waals surface area (Å²) >= 11 is 5.42. The average Bonchev–Trinajstić information content (AvgIpc) is 3.48. The Hall–Kier alpha value is -2.51. The highest BCUT2D eigenvalue weighted by atomic mass is 32.2. The molecule has 3 aromatic rings. The van der Waals surface area contributed by atoms with Gasteiger partial charge in [-0.05, 0) is 36.5 Å². The molecule has 0 radical (unpaired) electrons. The standard InChI is InChI=1S/C21H24N4O6S2/c26-20(16-3-10-30-14-16)23-6-4-22(5-7-23)15-25-18-13-17(1-2-19(18)31-21(25)32)33(27,28)24-8-11-29-12-9-24/h1-3,10,13-14H,4-9,11-12,15H2. The van der Waals surface area contributed by atoms with Crippen molar-refractivity contribution in [3.63, 3.8) is 0 Å². The van der Waals surface area contributed by atoms with Gasteiger partial charge in [0.1, 0.15) is 6.26 Å². The molecule has 0 saturated carbocycles. The molecule has 10 nitrogen and oxygen atoms in total. The van der Waals surface area contributed by atoms with E-state index >= 15 is 0 Å². The molecule has 4 heterocycles. The molecule has 1 aromatic carbocycles. The van der Waals surface area contributed by atoms with E-state index in [0.717, 1.165) is 0 Å². The summed E-state index contributed by atoms with van der Waals surface area (Å²) in [6, 6.07) is 6.48. The Kier molecular flexibility index (Phi) is 6.10. The number of aromatic nitrogens is 1. The molecule has 12 heteroatoms. The van der Waals surface area contributed by atoms with Crippen molar-refractivity contribution in [3.8, 4) is 0 Å². The Labute approximate surface area is 196 Å². The number of amides is 1. The molecular weight excluding hydrogens is 468 g/mol. The van der Waals surface area contributed by atoms with Crippen LogP contribution in [0.4, 0.5) is 0 Å². The molecule has 0 N–H and O–H groups in total. The highest BCUT2D eigenvalue weighted by molar-refractivity contribution is 7.89. The third kappa shape index (κ3) is 4.36. The van der Waals surface area contributed by atoms with E-state index in [2.05, 4.69) is 4.90 Å². The van der Waals surface area contributed by atoms with E-state index in [9.17, 15) is 13.2 Å². The largest absolute Gasteiger partial charge is 0.472 e. The van der Waals surface area contributed by atoms with Crippen LogP contribution in [0.3, 0.4) is 0 Å². The summed E-state index contributed by atoms with van der Waals surface area (Å²) in [5.41, 5.74) is 1.71. The van der Waals surface area contributed by atoms with Gasteiger partial charge in [-0.25, -0.2) is 8.42 Å². The van der Waals surface area contributed by atoms with Crippen LogP contribution in [-0.4, -0.2) is 85.5 Å². The van der Waals surface area contributed by atoms with Crippen LogP contribution in [0.25, 0.3) is 11.1 Å². The summed E-state index contributed by atoms with van der Waals surface area (Å²) in [4.78, 5) is 17.0. The zero-order valence-corrected chi connectivity index (χ0v) is 19.5. The molecule has 5 rings (SSSR count). The zero-order chi connectivity index (χ0) is 23.0. The lowest BCUT2D eigenvalue weighted by Gasteiger charge is -2.34. The second-order valence-corrected chi connectivity index (χ2v) is 10.3. The maximum atomic E-state index is 13.1. The second kappa shape index (κ2) is 9.03. The normalized spacial score (nSPS) is 18.7. The third-order valence-corrected chi connectivity index (χ3v) is 8.21. The lowest BCUT2D eigenvalue weighted by molar-refractivity contribution is 0.0593. The lowest BCUT2D eigenvalue weighted by Crippen LogP contribution is -2.48. The van der Waals surface area contributed by atoms with E-state index in [0.29, 0.717) is 75.8 Å². The third-order valence-electron chi connectivity index (χ3n) is 6.02. The monoisotopic (exact) mass is 492 g/mol. The Balaban J connectivity index is 1.33. The van der Waals surface area contributed by atoms with Gasteiger partial charge in [0.2, 0.25) is 10.0 Å². The smallest absolute Gasteiger partial charge is 0.270 e. The fraction of sp³-hybridized carbons (Fsp3) is 0.429. The number of furan rings is 1. The first-order valence-electron chi connectivity index (χ1n) is 10.7. The predicted octanol–water partition coefficient (Wildman–Crippen LogP) is 1.99. The Bertz CT molecular complexity index is 1300. The number of nitrogens with zero attached hydrogens (tertiary/aromatic N) is 4. The van der Waals surface area contributed by atoms with Crippen molar-refractivity contribution in [2.75, 3.05) is 52.5 Å². The molecular formula is C21H24N4O6S2. The number of benzene rings is 1. The maximum Gasteiger partial charge on any atom is 0.270 e. The number of sulfonamides is 1. The van der Waals surface area contributed by atoms with Crippen LogP contribution in [0.5, 0.6) is 0 Å². The highest BCUT2D eigenvalue weighted by Crippen LogP contribution is 2.25. The maximum absolute atomic E-state index is 13.1. The Morgan fingerprint density at radius 1 is 1.03 bits per heavy atom. The summed E-state index contributed by atoms with van der Waals surface area (Å²) < 4.78 is 45.4. The first kappa shape index (κ1) is 22.3. The van der Waals surface area contributed by atoms with Crippen LogP contribution in [-0.2, 0) is 21.4 Å². The number of carbonyl (C=O) groups excluding carboxylic acids is 1. The summed E-state index contributed by atoms with van der Waals surface area (Å²) in [5.74, 6) is -0.0493. The van der Waals surface area contributed by atoms with Crippen LogP contribution >= 0.6 is 12.2 Å². The fourth-order valence-corrected chi connectivity index (χ4v) is 5.81. The molecule has 0 bridgehead atoms. The molecule has 1 amide bonds. The topological polar surface area (TPSA) is 101 Å². The minimum atomic E-state index is -3.63. The van der Waals surface area contributed by atoms with Gasteiger partial charge >= 0.3 is 0 Å². The predicted molar refractivity (Wildman–Crippen MR) is 121 cm³/mol. The number of fused-ring (bicyclic) bond motifs is 1. The van der Waals surface area contributed by atoms with E-state index in [1.165, 1.54) is 16.8 Å². The zero-order valence-electron chi connectivity index (χ0n) is 17.9. The Morgan fingerprint density at radius 2 is 1.79 bits per heavy atom. The van der Waals surface area contributed by atoms with Gasteiger partial charge in [-0.2, -0.15) is 4.31 Å². The molecule has 2 saturated heterocycles. The molecule has 33 heavy (non-hydrogen) atoms. The average molecular weight is 493 g/mol. The number of hydrogen-bond donors (Lipinski definition) is 0. The SMILES string of the molecule is O=C(c1ccoc1)N1CCN(Cn2c(=S)oc3ccc(S(=O)(=O)N4CCOCC4)cc32)CC1. The number of rotatable bonds is 5. The van der Waals surface area contributed by atoms with Crippen LogP contribution < -0.4 is 0 Å². The van der Waals surface area contributed by atoms with Gasteiger partial charge in [-0.3, -0.25) is 14.3 Å². The van der Waals surface area contributed by atoms with Crippen molar-refractivity contribution < 1.29 is 26.8 Å². The summed E-state index contributed by atoms with van der Waals surface area (Å²) in [6.45, 7) is 4.35. The number of piperazine rings is 1. The van der Waals surface area contributed by atoms with E-state index in [-0.39, 0.29) is 15.6 Å². The van der Waals surface area contributed by atoms with Crippen LogP contribution in [0.2, 0.25) is 0 Å². The first-order chi connectivity index (χ1) is 15.9. The summed E-state index contributed by atoms with van der Waals surface area (Å²) in [6.07, 6.45) is 2.94. The fourth-order valence-electron chi connectivity index (χ4n) is 4.13. The van der Waals surface area contributed by atoms with Crippen molar-refractivity contribution in [1.29, 1.82) is 0 Å². The van der Waals surface area contributed by atoms with E-state index < -0.39 is 10.0 Å². The van der Waals surface area contributed by atoms with Crippen molar-refractivity contribution >= 4 is 39.2 Å². The van der Waals surface area contributed by atoms with Crippen molar-refractivity contribution in [2.24, 2.45) is 0 Å². The molecule has 0 spiro atoms. The van der Waals surface area contributed by atoms with Crippen molar-refractivity contribution in [3.05, 3.63) is 47.2 Å². The number of ether oxygens (including phenoxy) is 1. The van der Waals surface area contributed by atoms with E-state index in [4.69, 9.17) is 25.8 Å². The van der Waals surface area contributed by atoms with E-state index in [1.54, 1.807) is 33.7 Å². The first-order valence-corrected chi connectivity index (χ1v) is 12.5.